The molecular weight excluding hydrogens is 226 g/mol. The summed E-state index contributed by atoms with van der Waals surface area (Å²) in [4.78, 5) is 16.4. The van der Waals surface area contributed by atoms with Crippen molar-refractivity contribution in [1.29, 1.82) is 0 Å². The minimum Gasteiger partial charge on any atom is -0.331 e. The lowest BCUT2D eigenvalue weighted by molar-refractivity contribution is -0.119. The van der Waals surface area contributed by atoms with Gasteiger partial charge in [-0.3, -0.25) is 4.79 Å². The van der Waals surface area contributed by atoms with Crippen LogP contribution in [0.2, 0.25) is 0 Å². The highest BCUT2D eigenvalue weighted by Crippen LogP contribution is 2.16. The quantitative estimate of drug-likeness (QED) is 0.893. The van der Waals surface area contributed by atoms with E-state index in [1.165, 1.54) is 0 Å². The first-order valence-corrected chi connectivity index (χ1v) is 6.08. The van der Waals surface area contributed by atoms with Crippen molar-refractivity contribution in [3.8, 4) is 0 Å². The Morgan fingerprint density at radius 3 is 2.67 bits per heavy atom. The molecule has 0 unspecified atom stereocenters. The van der Waals surface area contributed by atoms with Crippen LogP contribution in [0.15, 0.2) is 24.3 Å². The summed E-state index contributed by atoms with van der Waals surface area (Å²) in [5, 5.41) is 0. The van der Waals surface area contributed by atoms with Gasteiger partial charge in [0.1, 0.15) is 11.6 Å². The van der Waals surface area contributed by atoms with Crippen molar-refractivity contribution in [3.63, 3.8) is 0 Å². The second-order valence-electron chi connectivity index (χ2n) is 5.46. The van der Waals surface area contributed by atoms with Crippen molar-refractivity contribution in [2.75, 3.05) is 0 Å². The minimum atomic E-state index is -0.457. The normalized spacial score (nSPS) is 12.0. The van der Waals surface area contributed by atoms with Gasteiger partial charge in [0.15, 0.2) is 0 Å². The molecule has 1 heterocycles. The average Bonchev–Trinajstić information content (AvgIpc) is 2.54. The van der Waals surface area contributed by atoms with Gasteiger partial charge < -0.3 is 10.3 Å². The molecule has 0 fully saturated rings. The standard InChI is InChI=1S/C14H19N3O/c1-14(2,15)9-10(18)8-13-16-11-6-4-5-7-12(11)17(13)3/h4-7H,8-9,15H2,1-3H3. The summed E-state index contributed by atoms with van der Waals surface area (Å²) in [6.07, 6.45) is 0.710. The number of hydrogen-bond donors (Lipinski definition) is 1. The van der Waals surface area contributed by atoms with E-state index in [4.69, 9.17) is 5.73 Å². The molecule has 2 aromatic rings. The number of imidazole rings is 1. The Kier molecular flexibility index (Phi) is 3.22. The molecule has 96 valence electrons. The number of aromatic nitrogens is 2. The lowest BCUT2D eigenvalue weighted by Gasteiger charge is -2.16. The summed E-state index contributed by atoms with van der Waals surface area (Å²) < 4.78 is 1.97. The number of benzene rings is 1. The fourth-order valence-corrected chi connectivity index (χ4v) is 2.10. The number of para-hydroxylation sites is 2. The van der Waals surface area contributed by atoms with Gasteiger partial charge in [0, 0.05) is 19.0 Å². The maximum absolute atomic E-state index is 11.9. The topological polar surface area (TPSA) is 60.9 Å². The molecule has 2 N–H and O–H groups in total. The van der Waals surface area contributed by atoms with Crippen molar-refractivity contribution in [1.82, 2.24) is 9.55 Å². The van der Waals surface area contributed by atoms with Crippen molar-refractivity contribution < 1.29 is 4.79 Å². The summed E-state index contributed by atoms with van der Waals surface area (Å²) in [6.45, 7) is 3.72. The molecular formula is C14H19N3O. The van der Waals surface area contributed by atoms with E-state index in [0.717, 1.165) is 16.9 Å². The Balaban J connectivity index is 2.22. The molecule has 4 heteroatoms. The Morgan fingerprint density at radius 1 is 1.39 bits per heavy atom. The second-order valence-corrected chi connectivity index (χ2v) is 5.46. The number of nitrogens with zero attached hydrogens (tertiary/aromatic N) is 2. The lowest BCUT2D eigenvalue weighted by Crippen LogP contribution is -2.35. The van der Waals surface area contributed by atoms with Crippen LogP contribution in [0.1, 0.15) is 26.1 Å². The summed E-state index contributed by atoms with van der Waals surface area (Å²) in [7, 11) is 1.94. The van der Waals surface area contributed by atoms with Gasteiger partial charge in [0.25, 0.3) is 0 Å². The zero-order valence-electron chi connectivity index (χ0n) is 11.1. The number of fused-ring (bicyclic) bond motifs is 1. The summed E-state index contributed by atoms with van der Waals surface area (Å²) in [6, 6.07) is 7.88. The molecule has 18 heavy (non-hydrogen) atoms. The van der Waals surface area contributed by atoms with Gasteiger partial charge in [-0.2, -0.15) is 0 Å². The van der Waals surface area contributed by atoms with Crippen molar-refractivity contribution in [2.24, 2.45) is 12.8 Å². The minimum absolute atomic E-state index is 0.126. The van der Waals surface area contributed by atoms with Gasteiger partial charge in [-0.1, -0.05) is 12.1 Å². The predicted molar refractivity (Wildman–Crippen MR) is 72.3 cm³/mol. The number of nitrogens with two attached hydrogens (primary N) is 1. The van der Waals surface area contributed by atoms with E-state index in [-0.39, 0.29) is 5.78 Å². The molecule has 4 nitrogen and oxygen atoms in total. The highest BCUT2D eigenvalue weighted by atomic mass is 16.1. The first-order chi connectivity index (χ1) is 8.37. The maximum atomic E-state index is 11.9. The number of ketones is 1. The van der Waals surface area contributed by atoms with Crippen molar-refractivity contribution >= 4 is 16.8 Å². The SMILES string of the molecule is Cn1c(CC(=O)CC(C)(C)N)nc2ccccc21. The molecule has 0 radical (unpaired) electrons. The smallest absolute Gasteiger partial charge is 0.142 e. The third-order valence-corrected chi connectivity index (χ3v) is 2.89. The fraction of sp³-hybridized carbons (Fsp3) is 0.429. The third-order valence-electron chi connectivity index (χ3n) is 2.89. The molecule has 1 aromatic carbocycles. The van der Waals surface area contributed by atoms with E-state index in [9.17, 15) is 4.79 Å². The highest BCUT2D eigenvalue weighted by Gasteiger charge is 2.18. The highest BCUT2D eigenvalue weighted by molar-refractivity contribution is 5.83. The van der Waals surface area contributed by atoms with Gasteiger partial charge in [-0.25, -0.2) is 4.98 Å². The number of aryl methyl sites for hydroxylation is 1. The van der Waals surface area contributed by atoms with Crippen LogP contribution in [0, 0.1) is 0 Å². The van der Waals surface area contributed by atoms with Gasteiger partial charge in [-0.05, 0) is 26.0 Å². The van der Waals surface area contributed by atoms with Crippen LogP contribution in [-0.2, 0) is 18.3 Å². The van der Waals surface area contributed by atoms with Crippen LogP contribution in [0.3, 0.4) is 0 Å². The van der Waals surface area contributed by atoms with Crippen LogP contribution in [-0.4, -0.2) is 20.9 Å². The van der Waals surface area contributed by atoms with E-state index in [1.807, 2.05) is 49.7 Å². The van der Waals surface area contributed by atoms with E-state index < -0.39 is 5.54 Å². The molecule has 0 atom stereocenters. The van der Waals surface area contributed by atoms with Crippen LogP contribution < -0.4 is 5.73 Å². The monoisotopic (exact) mass is 245 g/mol. The van der Waals surface area contributed by atoms with E-state index >= 15 is 0 Å². The van der Waals surface area contributed by atoms with Crippen LogP contribution in [0.25, 0.3) is 11.0 Å². The van der Waals surface area contributed by atoms with E-state index in [0.29, 0.717) is 12.8 Å². The molecule has 0 aliphatic heterocycles. The molecule has 0 amide bonds. The third kappa shape index (κ3) is 2.76. The zero-order valence-corrected chi connectivity index (χ0v) is 11.1. The number of carbonyl (C=O) groups excluding carboxylic acids is 1. The summed E-state index contributed by atoms with van der Waals surface area (Å²) in [5.74, 6) is 0.923. The van der Waals surface area contributed by atoms with Gasteiger partial charge >= 0.3 is 0 Å². The zero-order chi connectivity index (χ0) is 13.3. The molecule has 0 bridgehead atoms. The van der Waals surface area contributed by atoms with Gasteiger partial charge in [0.2, 0.25) is 0 Å². The van der Waals surface area contributed by atoms with Crippen molar-refractivity contribution in [3.05, 3.63) is 30.1 Å². The second kappa shape index (κ2) is 4.53. The lowest BCUT2D eigenvalue weighted by atomic mass is 9.98. The average molecular weight is 245 g/mol. The number of Topliss-reactive ketones (excluding diaryl/α,β-unsaturated/α-hetero) is 1. The largest absolute Gasteiger partial charge is 0.331 e. The van der Waals surface area contributed by atoms with Crippen LogP contribution in [0.4, 0.5) is 0 Å². The van der Waals surface area contributed by atoms with E-state index in [1.54, 1.807) is 0 Å². The predicted octanol–water partition coefficient (Wildman–Crippen LogP) is 1.81. The fourth-order valence-electron chi connectivity index (χ4n) is 2.10. The molecule has 0 saturated heterocycles. The van der Waals surface area contributed by atoms with Gasteiger partial charge in [0.05, 0.1) is 17.5 Å². The van der Waals surface area contributed by atoms with Crippen molar-refractivity contribution in [2.45, 2.75) is 32.2 Å². The Hall–Kier alpha value is -1.68. The first kappa shape index (κ1) is 12.8. The van der Waals surface area contributed by atoms with Gasteiger partial charge in [-0.15, -0.1) is 0 Å². The summed E-state index contributed by atoms with van der Waals surface area (Å²) in [5.41, 5.74) is 7.37. The molecule has 0 aliphatic rings. The molecule has 0 aliphatic carbocycles. The van der Waals surface area contributed by atoms with E-state index in [2.05, 4.69) is 4.98 Å². The maximum Gasteiger partial charge on any atom is 0.142 e. The molecule has 1 aromatic heterocycles. The van der Waals surface area contributed by atoms with Crippen LogP contribution in [0.5, 0.6) is 0 Å². The number of rotatable bonds is 4. The Morgan fingerprint density at radius 2 is 2.06 bits per heavy atom. The number of hydrogen-bond acceptors (Lipinski definition) is 3. The summed E-state index contributed by atoms with van der Waals surface area (Å²) >= 11 is 0. The molecule has 0 spiro atoms. The van der Waals surface area contributed by atoms with Crippen LogP contribution >= 0.6 is 0 Å². The molecule has 0 saturated carbocycles. The molecule has 2 rings (SSSR count). The number of carbonyl (C=O) groups is 1. The first-order valence-electron chi connectivity index (χ1n) is 6.08. The Labute approximate surface area is 107 Å². The Bertz CT molecular complexity index is 578.